The fraction of sp³-hybridized carbons (Fsp3) is 0.308. The van der Waals surface area contributed by atoms with E-state index in [1.165, 1.54) is 13.2 Å². The molecule has 0 radical (unpaired) electrons. The van der Waals surface area contributed by atoms with E-state index in [4.69, 9.17) is 9.47 Å². The van der Waals surface area contributed by atoms with E-state index in [1.807, 2.05) is 4.57 Å². The molecule has 0 aliphatic heterocycles. The summed E-state index contributed by atoms with van der Waals surface area (Å²) in [6, 6.07) is 4.66. The van der Waals surface area contributed by atoms with Crippen LogP contribution in [0.2, 0.25) is 0 Å². The Balaban J connectivity index is 2.24. The lowest BCUT2D eigenvalue weighted by molar-refractivity contribution is 0.210. The Kier molecular flexibility index (Phi) is 4.35. The lowest BCUT2D eigenvalue weighted by Crippen LogP contribution is -2.11. The standard InChI is InChI=1S/C13H16FN3O2/c1-18-8-6-16-13-15-5-7-17(13)10-3-4-11(14)12(9-10)19-2/h3-5,7,9H,6,8H2,1-2H3,(H,15,16). The minimum atomic E-state index is -0.389. The van der Waals surface area contributed by atoms with Crippen LogP contribution in [-0.2, 0) is 4.74 Å². The number of methoxy groups -OCH3 is 2. The third-order valence-corrected chi connectivity index (χ3v) is 2.64. The summed E-state index contributed by atoms with van der Waals surface area (Å²) >= 11 is 0. The number of aromatic nitrogens is 2. The van der Waals surface area contributed by atoms with Crippen molar-refractivity contribution in [3.63, 3.8) is 0 Å². The Morgan fingerprint density at radius 1 is 1.37 bits per heavy atom. The second kappa shape index (κ2) is 6.19. The highest BCUT2D eigenvalue weighted by Crippen LogP contribution is 2.22. The van der Waals surface area contributed by atoms with Crippen molar-refractivity contribution in [2.75, 3.05) is 32.7 Å². The Hall–Kier alpha value is -2.08. The number of hydrogen-bond acceptors (Lipinski definition) is 4. The maximum atomic E-state index is 13.4. The molecule has 1 heterocycles. The third-order valence-electron chi connectivity index (χ3n) is 2.64. The van der Waals surface area contributed by atoms with Gasteiger partial charge < -0.3 is 14.8 Å². The van der Waals surface area contributed by atoms with E-state index in [0.29, 0.717) is 19.1 Å². The summed E-state index contributed by atoms with van der Waals surface area (Å²) in [4.78, 5) is 4.20. The first kappa shape index (κ1) is 13.4. The topological polar surface area (TPSA) is 48.3 Å². The molecule has 0 bridgehead atoms. The van der Waals surface area contributed by atoms with Gasteiger partial charge in [-0.15, -0.1) is 0 Å². The van der Waals surface area contributed by atoms with Crippen molar-refractivity contribution in [1.29, 1.82) is 0 Å². The molecule has 1 aromatic carbocycles. The summed E-state index contributed by atoms with van der Waals surface area (Å²) in [5.41, 5.74) is 0.774. The fourth-order valence-corrected chi connectivity index (χ4v) is 1.71. The van der Waals surface area contributed by atoms with Crippen LogP contribution in [0.15, 0.2) is 30.6 Å². The SMILES string of the molecule is COCCNc1nccn1-c1ccc(F)c(OC)c1. The molecule has 0 fully saturated rings. The molecule has 2 aromatic rings. The summed E-state index contributed by atoms with van der Waals surface area (Å²) in [7, 11) is 3.08. The predicted molar refractivity (Wildman–Crippen MR) is 70.4 cm³/mol. The zero-order chi connectivity index (χ0) is 13.7. The van der Waals surface area contributed by atoms with E-state index in [2.05, 4.69) is 10.3 Å². The average Bonchev–Trinajstić information content (AvgIpc) is 2.88. The van der Waals surface area contributed by atoms with Crippen LogP contribution in [0.25, 0.3) is 5.69 Å². The molecule has 0 atom stereocenters. The van der Waals surface area contributed by atoms with Crippen molar-refractivity contribution >= 4 is 5.95 Å². The molecule has 0 saturated carbocycles. The number of hydrogen-bond donors (Lipinski definition) is 1. The molecule has 19 heavy (non-hydrogen) atoms. The number of ether oxygens (including phenoxy) is 2. The maximum Gasteiger partial charge on any atom is 0.207 e. The van der Waals surface area contributed by atoms with Gasteiger partial charge in [-0.05, 0) is 12.1 Å². The number of nitrogens with one attached hydrogen (secondary N) is 1. The summed E-state index contributed by atoms with van der Waals surface area (Å²) in [6.45, 7) is 1.23. The molecule has 0 aliphatic rings. The average molecular weight is 265 g/mol. The van der Waals surface area contributed by atoms with Gasteiger partial charge in [0.05, 0.1) is 19.4 Å². The summed E-state index contributed by atoms with van der Waals surface area (Å²) in [5, 5.41) is 3.14. The van der Waals surface area contributed by atoms with E-state index in [1.54, 1.807) is 31.6 Å². The van der Waals surface area contributed by atoms with Crippen molar-refractivity contribution in [2.24, 2.45) is 0 Å². The van der Waals surface area contributed by atoms with Crippen LogP contribution in [0.3, 0.4) is 0 Å². The molecule has 0 amide bonds. The van der Waals surface area contributed by atoms with Gasteiger partial charge in [0.25, 0.3) is 0 Å². The Bertz CT molecular complexity index is 542. The van der Waals surface area contributed by atoms with Gasteiger partial charge in [0.1, 0.15) is 0 Å². The van der Waals surface area contributed by atoms with Crippen LogP contribution in [0.4, 0.5) is 10.3 Å². The Labute approximate surface area is 111 Å². The lowest BCUT2D eigenvalue weighted by atomic mass is 10.3. The van der Waals surface area contributed by atoms with E-state index >= 15 is 0 Å². The van der Waals surface area contributed by atoms with Crippen molar-refractivity contribution in [3.8, 4) is 11.4 Å². The molecule has 1 aromatic heterocycles. The molecule has 0 spiro atoms. The smallest absolute Gasteiger partial charge is 0.207 e. The number of nitrogens with zero attached hydrogens (tertiary/aromatic N) is 2. The normalized spacial score (nSPS) is 10.5. The third kappa shape index (κ3) is 3.03. The van der Waals surface area contributed by atoms with Crippen molar-refractivity contribution in [1.82, 2.24) is 9.55 Å². The van der Waals surface area contributed by atoms with Gasteiger partial charge in [-0.25, -0.2) is 9.37 Å². The zero-order valence-corrected chi connectivity index (χ0v) is 10.9. The van der Waals surface area contributed by atoms with Crippen LogP contribution in [-0.4, -0.2) is 36.9 Å². The van der Waals surface area contributed by atoms with Crippen LogP contribution < -0.4 is 10.1 Å². The first-order chi connectivity index (χ1) is 9.26. The van der Waals surface area contributed by atoms with Gasteiger partial charge in [-0.2, -0.15) is 0 Å². The van der Waals surface area contributed by atoms with Crippen molar-refractivity contribution < 1.29 is 13.9 Å². The summed E-state index contributed by atoms with van der Waals surface area (Å²) in [5.74, 6) is 0.486. The molecule has 0 aliphatic carbocycles. The molecular formula is C13H16FN3O2. The molecule has 5 nitrogen and oxygen atoms in total. The van der Waals surface area contributed by atoms with E-state index in [0.717, 1.165) is 5.69 Å². The molecule has 0 unspecified atom stereocenters. The zero-order valence-electron chi connectivity index (χ0n) is 10.9. The summed E-state index contributed by atoms with van der Waals surface area (Å²) < 4.78 is 25.1. The largest absolute Gasteiger partial charge is 0.494 e. The minimum absolute atomic E-state index is 0.203. The van der Waals surface area contributed by atoms with Crippen LogP contribution in [0.1, 0.15) is 0 Å². The lowest BCUT2D eigenvalue weighted by Gasteiger charge is -2.11. The van der Waals surface area contributed by atoms with Gasteiger partial charge in [-0.3, -0.25) is 4.57 Å². The van der Waals surface area contributed by atoms with Gasteiger partial charge >= 0.3 is 0 Å². The van der Waals surface area contributed by atoms with Crippen molar-refractivity contribution in [3.05, 3.63) is 36.4 Å². The summed E-state index contributed by atoms with van der Waals surface area (Å²) in [6.07, 6.45) is 3.47. The monoisotopic (exact) mass is 265 g/mol. The first-order valence-electron chi connectivity index (χ1n) is 5.86. The van der Waals surface area contributed by atoms with Crippen molar-refractivity contribution in [2.45, 2.75) is 0 Å². The van der Waals surface area contributed by atoms with Gasteiger partial charge in [-0.1, -0.05) is 0 Å². The van der Waals surface area contributed by atoms with E-state index in [9.17, 15) is 4.39 Å². The van der Waals surface area contributed by atoms with Gasteiger partial charge in [0.2, 0.25) is 5.95 Å². The number of imidazole rings is 1. The number of rotatable bonds is 6. The Morgan fingerprint density at radius 3 is 2.95 bits per heavy atom. The van der Waals surface area contributed by atoms with Crippen LogP contribution in [0.5, 0.6) is 5.75 Å². The second-order valence-corrected chi connectivity index (χ2v) is 3.86. The first-order valence-corrected chi connectivity index (χ1v) is 5.86. The van der Waals surface area contributed by atoms with Crippen LogP contribution >= 0.6 is 0 Å². The minimum Gasteiger partial charge on any atom is -0.494 e. The molecular weight excluding hydrogens is 249 g/mol. The molecule has 2 rings (SSSR count). The maximum absolute atomic E-state index is 13.4. The molecule has 1 N–H and O–H groups in total. The van der Waals surface area contributed by atoms with E-state index < -0.39 is 0 Å². The number of halogens is 1. The Morgan fingerprint density at radius 2 is 2.21 bits per heavy atom. The number of benzene rings is 1. The highest BCUT2D eigenvalue weighted by Gasteiger charge is 2.08. The highest BCUT2D eigenvalue weighted by molar-refractivity contribution is 5.46. The van der Waals surface area contributed by atoms with Crippen LogP contribution in [0, 0.1) is 5.82 Å². The van der Waals surface area contributed by atoms with E-state index in [-0.39, 0.29) is 11.6 Å². The highest BCUT2D eigenvalue weighted by atomic mass is 19.1. The molecule has 102 valence electrons. The fourth-order valence-electron chi connectivity index (χ4n) is 1.71. The molecule has 0 saturated heterocycles. The second-order valence-electron chi connectivity index (χ2n) is 3.86. The number of anilines is 1. The van der Waals surface area contributed by atoms with Gasteiger partial charge in [0.15, 0.2) is 11.6 Å². The van der Waals surface area contributed by atoms with Gasteiger partial charge in [0, 0.05) is 32.1 Å². The quantitative estimate of drug-likeness (QED) is 0.812. The predicted octanol–water partition coefficient (Wildman–Crippen LogP) is 2.08. The molecule has 6 heteroatoms.